The van der Waals surface area contributed by atoms with Crippen LogP contribution >= 0.6 is 0 Å². The minimum Gasteiger partial charge on any atom is -0.455 e. The number of aromatic nitrogens is 2. The lowest BCUT2D eigenvalue weighted by molar-refractivity contribution is 0.589. The van der Waals surface area contributed by atoms with E-state index in [0.29, 0.717) is 0 Å². The molecule has 0 saturated carbocycles. The van der Waals surface area contributed by atoms with Crippen LogP contribution in [-0.2, 0) is 5.41 Å². The summed E-state index contributed by atoms with van der Waals surface area (Å²) in [5.41, 5.74) is 17.8. The van der Waals surface area contributed by atoms with E-state index in [9.17, 15) is 0 Å². The molecule has 10 aromatic rings. The predicted molar refractivity (Wildman–Crippen MR) is 256 cm³/mol. The van der Waals surface area contributed by atoms with Gasteiger partial charge in [-0.15, -0.1) is 0 Å². The Morgan fingerprint density at radius 3 is 1.88 bits per heavy atom. The molecule has 0 atom stereocenters. The minimum atomic E-state index is 0.114. The van der Waals surface area contributed by atoms with Gasteiger partial charge in [-0.25, -0.2) is 4.98 Å². The molecule has 0 radical (unpaired) electrons. The zero-order valence-electron chi connectivity index (χ0n) is 36.2. The summed E-state index contributed by atoms with van der Waals surface area (Å²) in [7, 11) is 0. The van der Waals surface area contributed by atoms with Gasteiger partial charge >= 0.3 is 0 Å². The van der Waals surface area contributed by atoms with Gasteiger partial charge in [0.05, 0.1) is 22.3 Å². The lowest BCUT2D eigenvalue weighted by Crippen LogP contribution is -2.12. The van der Waals surface area contributed by atoms with Gasteiger partial charge in [-0.1, -0.05) is 146 Å². The van der Waals surface area contributed by atoms with Gasteiger partial charge in [0.2, 0.25) is 0 Å². The Kier molecular flexibility index (Phi) is 8.88. The third-order valence-electron chi connectivity index (χ3n) is 12.7. The van der Waals surface area contributed by atoms with Gasteiger partial charge in [-0.2, -0.15) is 0 Å². The van der Waals surface area contributed by atoms with E-state index in [1.165, 1.54) is 77.3 Å². The van der Waals surface area contributed by atoms with Crippen molar-refractivity contribution in [3.05, 3.63) is 167 Å². The first-order valence-corrected chi connectivity index (χ1v) is 21.5. The first kappa shape index (κ1) is 37.8. The third kappa shape index (κ3) is 6.13. The van der Waals surface area contributed by atoms with Gasteiger partial charge in [-0.3, -0.25) is 4.57 Å². The number of hydrogen-bond donors (Lipinski definition) is 0. The van der Waals surface area contributed by atoms with Crippen LogP contribution in [0.4, 0.5) is 0 Å². The Morgan fingerprint density at radius 1 is 0.550 bits per heavy atom. The molecule has 0 unspecified atom stereocenters. The van der Waals surface area contributed by atoms with Crippen molar-refractivity contribution in [2.24, 2.45) is 0 Å². The highest BCUT2D eigenvalue weighted by Gasteiger charge is 2.26. The first-order chi connectivity index (χ1) is 28.9. The van der Waals surface area contributed by atoms with Gasteiger partial charge in [0.25, 0.3) is 0 Å². The normalized spacial score (nSPS) is 12.4. The maximum absolute atomic E-state index is 6.94. The number of fused-ring (bicyclic) bond motifs is 7. The molecule has 2 heterocycles. The molecule has 0 N–H and O–H groups in total. The van der Waals surface area contributed by atoms with Crippen molar-refractivity contribution < 1.29 is 4.42 Å². The summed E-state index contributed by atoms with van der Waals surface area (Å²) in [5, 5.41) is 7.08. The molecule has 0 aliphatic carbocycles. The SMILES string of the molecule is Cc1cc(C(C)(C)C)cc(C)c1-c1ccc(-c2cc(C(C)C)c(-n3c(-c4cccc5c4oc4cc6c(ccc7ccccc76)cc45)nc4ccccc43)c(C(C)C)c2)cc1. The fraction of sp³-hybridized carbons (Fsp3) is 0.211. The largest absolute Gasteiger partial charge is 0.455 e. The quantitative estimate of drug-likeness (QED) is 0.157. The Balaban J connectivity index is 1.15. The summed E-state index contributed by atoms with van der Waals surface area (Å²) in [6, 6.07) is 51.4. The second kappa shape index (κ2) is 14.1. The van der Waals surface area contributed by atoms with Crippen LogP contribution in [0.2, 0.25) is 0 Å². The standard InChI is InChI=1S/C57H52N2O/c1-33(2)46-30-41(37-21-24-39(25-22-37)53-35(5)27-42(28-36(53)6)57(7,8)9)31-47(34(3)4)54(46)59-51-20-13-12-19-50(51)58-56(59)45-18-14-17-44-49-29-40-26-23-38-15-10-11-16-43(38)48(40)32-52(49)60-55(44)45/h10-34H,1-9H3. The highest BCUT2D eigenvalue weighted by atomic mass is 16.3. The van der Waals surface area contributed by atoms with E-state index in [2.05, 4.69) is 206 Å². The predicted octanol–water partition coefficient (Wildman–Crippen LogP) is 16.4. The average Bonchev–Trinajstić information content (AvgIpc) is 3.80. The van der Waals surface area contributed by atoms with Crippen LogP contribution in [0.25, 0.3) is 93.8 Å². The van der Waals surface area contributed by atoms with Gasteiger partial charge in [0, 0.05) is 10.8 Å². The van der Waals surface area contributed by atoms with E-state index in [-0.39, 0.29) is 17.3 Å². The second-order valence-electron chi connectivity index (χ2n) is 18.5. The number of furan rings is 1. The van der Waals surface area contributed by atoms with E-state index in [4.69, 9.17) is 9.40 Å². The molecule has 0 amide bonds. The van der Waals surface area contributed by atoms with E-state index >= 15 is 0 Å². The van der Waals surface area contributed by atoms with Crippen molar-refractivity contribution in [2.45, 2.75) is 79.6 Å². The number of nitrogens with zero attached hydrogens (tertiary/aromatic N) is 2. The van der Waals surface area contributed by atoms with Crippen molar-refractivity contribution in [1.29, 1.82) is 0 Å². The Bertz CT molecular complexity index is 3260. The van der Waals surface area contributed by atoms with Gasteiger partial charge < -0.3 is 4.42 Å². The maximum Gasteiger partial charge on any atom is 0.149 e. The number of imidazole rings is 1. The summed E-state index contributed by atoms with van der Waals surface area (Å²) in [6.07, 6.45) is 0. The number of rotatable bonds is 6. The summed E-state index contributed by atoms with van der Waals surface area (Å²) in [4.78, 5) is 5.43. The third-order valence-corrected chi connectivity index (χ3v) is 12.7. The molecule has 0 spiro atoms. The molecule has 296 valence electrons. The maximum atomic E-state index is 6.94. The fourth-order valence-electron chi connectivity index (χ4n) is 9.57. The Hall–Kier alpha value is -6.45. The molecule has 2 aromatic heterocycles. The fourth-order valence-corrected chi connectivity index (χ4v) is 9.57. The molecule has 60 heavy (non-hydrogen) atoms. The molecular formula is C57H52N2O. The van der Waals surface area contributed by atoms with Crippen molar-refractivity contribution in [3.8, 4) is 39.3 Å². The summed E-state index contributed by atoms with van der Waals surface area (Å²) in [5.74, 6) is 1.39. The van der Waals surface area contributed by atoms with Crippen LogP contribution in [0.15, 0.2) is 144 Å². The minimum absolute atomic E-state index is 0.114. The van der Waals surface area contributed by atoms with Crippen LogP contribution in [-0.4, -0.2) is 9.55 Å². The average molecular weight is 781 g/mol. The molecule has 0 fully saturated rings. The number of benzene rings is 8. The van der Waals surface area contributed by atoms with Gasteiger partial charge in [0.1, 0.15) is 17.0 Å². The van der Waals surface area contributed by atoms with Crippen LogP contribution in [0, 0.1) is 13.8 Å². The zero-order chi connectivity index (χ0) is 41.6. The number of aryl methyl sites for hydroxylation is 2. The number of hydrogen-bond acceptors (Lipinski definition) is 2. The van der Waals surface area contributed by atoms with E-state index in [0.717, 1.165) is 44.4 Å². The van der Waals surface area contributed by atoms with Crippen LogP contribution in [0.3, 0.4) is 0 Å². The van der Waals surface area contributed by atoms with Crippen LogP contribution < -0.4 is 0 Å². The lowest BCUT2D eigenvalue weighted by atomic mass is 9.82. The van der Waals surface area contributed by atoms with Crippen molar-refractivity contribution >= 4 is 54.5 Å². The van der Waals surface area contributed by atoms with Crippen molar-refractivity contribution in [3.63, 3.8) is 0 Å². The van der Waals surface area contributed by atoms with Crippen LogP contribution in [0.1, 0.15) is 88.1 Å². The molecule has 0 bridgehead atoms. The summed E-state index contributed by atoms with van der Waals surface area (Å²) < 4.78 is 9.36. The van der Waals surface area contributed by atoms with Crippen molar-refractivity contribution in [1.82, 2.24) is 9.55 Å². The van der Waals surface area contributed by atoms with Crippen LogP contribution in [0.5, 0.6) is 0 Å². The van der Waals surface area contributed by atoms with E-state index in [1.807, 2.05) is 0 Å². The molecule has 0 saturated heterocycles. The van der Waals surface area contributed by atoms with E-state index in [1.54, 1.807) is 0 Å². The lowest BCUT2D eigenvalue weighted by Gasteiger charge is -2.24. The molecule has 0 aliphatic heterocycles. The Morgan fingerprint density at radius 2 is 1.18 bits per heavy atom. The molecule has 0 aliphatic rings. The van der Waals surface area contributed by atoms with Gasteiger partial charge in [0.15, 0.2) is 0 Å². The topological polar surface area (TPSA) is 31.0 Å². The molecule has 8 aromatic carbocycles. The molecule has 3 nitrogen and oxygen atoms in total. The smallest absolute Gasteiger partial charge is 0.149 e. The summed E-state index contributed by atoms with van der Waals surface area (Å²) >= 11 is 0. The first-order valence-electron chi connectivity index (χ1n) is 21.5. The Labute approximate surface area is 353 Å². The zero-order valence-corrected chi connectivity index (χ0v) is 36.2. The van der Waals surface area contributed by atoms with Gasteiger partial charge in [-0.05, 0) is 145 Å². The monoisotopic (exact) mass is 780 g/mol. The second-order valence-corrected chi connectivity index (χ2v) is 18.5. The highest BCUT2D eigenvalue weighted by molar-refractivity contribution is 6.17. The van der Waals surface area contributed by atoms with Crippen molar-refractivity contribution in [2.75, 3.05) is 0 Å². The molecular weight excluding hydrogens is 729 g/mol. The molecule has 3 heteroatoms. The number of para-hydroxylation sites is 3. The summed E-state index contributed by atoms with van der Waals surface area (Å²) in [6.45, 7) is 20.6. The highest BCUT2D eigenvalue weighted by Crippen LogP contribution is 2.44. The molecule has 10 rings (SSSR count). The van der Waals surface area contributed by atoms with E-state index < -0.39 is 0 Å².